The normalized spacial score (nSPS) is 15.1. The average molecular weight is 417 g/mol. The van der Waals surface area contributed by atoms with Gasteiger partial charge in [0.25, 0.3) is 0 Å². The quantitative estimate of drug-likeness (QED) is 0.459. The second kappa shape index (κ2) is 8.13. The largest absolute Gasteiger partial charge is 0.368 e. The van der Waals surface area contributed by atoms with Gasteiger partial charge in [0.2, 0.25) is 0 Å². The number of anilines is 1. The predicted octanol–water partition coefficient (Wildman–Crippen LogP) is 5.16. The van der Waals surface area contributed by atoms with Gasteiger partial charge in [-0.1, -0.05) is 54.1 Å². The van der Waals surface area contributed by atoms with E-state index in [0.717, 1.165) is 48.8 Å². The van der Waals surface area contributed by atoms with Crippen molar-refractivity contribution in [2.75, 3.05) is 38.1 Å². The Morgan fingerprint density at radius 1 is 0.900 bits per heavy atom. The number of imidazole rings is 1. The van der Waals surface area contributed by atoms with Gasteiger partial charge in [-0.2, -0.15) is 0 Å². The summed E-state index contributed by atoms with van der Waals surface area (Å²) in [6, 6.07) is 23.5. The first-order chi connectivity index (χ1) is 14.7. The summed E-state index contributed by atoms with van der Waals surface area (Å²) in [5.41, 5.74) is 7.18. The molecule has 0 aliphatic carbocycles. The van der Waals surface area contributed by atoms with Crippen LogP contribution in [0, 0.1) is 0 Å². The smallest absolute Gasteiger partial charge is 0.0961 e. The lowest BCUT2D eigenvalue weighted by atomic mass is 10.0. The van der Waals surface area contributed by atoms with Crippen molar-refractivity contribution >= 4 is 28.3 Å². The number of benzene rings is 3. The summed E-state index contributed by atoms with van der Waals surface area (Å²) in [5, 5.41) is 0.719. The van der Waals surface area contributed by atoms with E-state index in [-0.39, 0.29) is 0 Å². The van der Waals surface area contributed by atoms with Crippen LogP contribution < -0.4 is 4.90 Å². The minimum absolute atomic E-state index is 0.719. The Balaban J connectivity index is 1.39. The van der Waals surface area contributed by atoms with Gasteiger partial charge in [-0.15, -0.1) is 0 Å². The number of para-hydroxylation sites is 1. The van der Waals surface area contributed by atoms with Gasteiger partial charge in [0, 0.05) is 49.0 Å². The van der Waals surface area contributed by atoms with Crippen LogP contribution in [0.4, 0.5) is 5.69 Å². The molecule has 0 saturated carbocycles. The molecule has 0 unspecified atom stereocenters. The van der Waals surface area contributed by atoms with E-state index < -0.39 is 0 Å². The molecule has 1 aliphatic rings. The lowest BCUT2D eigenvalue weighted by Gasteiger charge is -2.35. The van der Waals surface area contributed by atoms with Crippen LogP contribution in [0.25, 0.3) is 22.2 Å². The summed E-state index contributed by atoms with van der Waals surface area (Å²) in [6.45, 7) is 5.15. The molecule has 30 heavy (non-hydrogen) atoms. The Morgan fingerprint density at radius 3 is 2.47 bits per heavy atom. The summed E-state index contributed by atoms with van der Waals surface area (Å²) >= 11 is 6.08. The van der Waals surface area contributed by atoms with Gasteiger partial charge in [0.15, 0.2) is 0 Å². The Hall–Kier alpha value is -2.82. The lowest BCUT2D eigenvalue weighted by molar-refractivity contribution is 0.313. The Morgan fingerprint density at radius 2 is 1.67 bits per heavy atom. The van der Waals surface area contributed by atoms with Crippen LogP contribution in [0.1, 0.15) is 5.56 Å². The number of hydrogen-bond donors (Lipinski definition) is 0. The van der Waals surface area contributed by atoms with E-state index >= 15 is 0 Å². The summed E-state index contributed by atoms with van der Waals surface area (Å²) in [7, 11) is 2.19. The zero-order valence-corrected chi connectivity index (χ0v) is 17.9. The summed E-state index contributed by atoms with van der Waals surface area (Å²) < 4.78 is 2.17. The van der Waals surface area contributed by atoms with Crippen LogP contribution in [0.2, 0.25) is 5.02 Å². The zero-order valence-electron chi connectivity index (χ0n) is 17.1. The fourth-order valence-electron chi connectivity index (χ4n) is 4.19. The van der Waals surface area contributed by atoms with Crippen molar-refractivity contribution in [3.63, 3.8) is 0 Å². The Bertz CT molecular complexity index is 1160. The molecule has 1 aliphatic heterocycles. The first-order valence-electron chi connectivity index (χ1n) is 10.4. The highest BCUT2D eigenvalue weighted by atomic mass is 35.5. The van der Waals surface area contributed by atoms with Gasteiger partial charge in [-0.05, 0) is 42.4 Å². The average Bonchev–Trinajstić information content (AvgIpc) is 3.16. The van der Waals surface area contributed by atoms with Crippen molar-refractivity contribution in [2.24, 2.45) is 0 Å². The number of halogens is 1. The van der Waals surface area contributed by atoms with E-state index in [9.17, 15) is 0 Å². The number of rotatable bonds is 4. The van der Waals surface area contributed by atoms with E-state index in [4.69, 9.17) is 11.6 Å². The number of nitrogens with zero attached hydrogens (tertiary/aromatic N) is 4. The van der Waals surface area contributed by atoms with E-state index in [1.54, 1.807) is 0 Å². The van der Waals surface area contributed by atoms with Crippen molar-refractivity contribution in [2.45, 2.75) is 6.54 Å². The van der Waals surface area contributed by atoms with Crippen LogP contribution in [0.3, 0.4) is 0 Å². The second-order valence-electron chi connectivity index (χ2n) is 8.01. The summed E-state index contributed by atoms with van der Waals surface area (Å²) in [5.74, 6) is 0. The maximum atomic E-state index is 6.08. The van der Waals surface area contributed by atoms with Gasteiger partial charge in [-0.3, -0.25) is 0 Å². The summed E-state index contributed by atoms with van der Waals surface area (Å²) in [4.78, 5) is 9.38. The van der Waals surface area contributed by atoms with Crippen LogP contribution >= 0.6 is 11.6 Å². The highest BCUT2D eigenvalue weighted by Crippen LogP contribution is 2.31. The molecule has 0 atom stereocenters. The molecule has 1 aromatic heterocycles. The van der Waals surface area contributed by atoms with Gasteiger partial charge in [0.1, 0.15) is 0 Å². The van der Waals surface area contributed by atoms with Crippen molar-refractivity contribution < 1.29 is 0 Å². The number of piperazine rings is 1. The molecule has 1 saturated heterocycles. The van der Waals surface area contributed by atoms with Gasteiger partial charge < -0.3 is 14.4 Å². The first-order valence-corrected chi connectivity index (χ1v) is 10.8. The van der Waals surface area contributed by atoms with Crippen molar-refractivity contribution in [1.82, 2.24) is 14.5 Å². The molecule has 2 heterocycles. The van der Waals surface area contributed by atoms with Crippen LogP contribution in [0.5, 0.6) is 0 Å². The maximum absolute atomic E-state index is 6.08. The molecule has 5 heteroatoms. The monoisotopic (exact) mass is 416 g/mol. The minimum Gasteiger partial charge on any atom is -0.368 e. The molecule has 0 radical (unpaired) electrons. The van der Waals surface area contributed by atoms with E-state index in [0.29, 0.717) is 0 Å². The molecule has 1 fully saturated rings. The minimum atomic E-state index is 0.719. The van der Waals surface area contributed by atoms with Crippen molar-refractivity contribution in [1.29, 1.82) is 0 Å². The van der Waals surface area contributed by atoms with Crippen LogP contribution in [0.15, 0.2) is 73.1 Å². The summed E-state index contributed by atoms with van der Waals surface area (Å²) in [6.07, 6.45) is 1.89. The molecule has 5 rings (SSSR count). The van der Waals surface area contributed by atoms with Gasteiger partial charge >= 0.3 is 0 Å². The Kier molecular flexibility index (Phi) is 5.19. The van der Waals surface area contributed by atoms with E-state index in [1.807, 2.05) is 24.5 Å². The first kappa shape index (κ1) is 19.2. The van der Waals surface area contributed by atoms with Crippen LogP contribution in [-0.2, 0) is 6.54 Å². The molecule has 4 nitrogen and oxygen atoms in total. The third-order valence-corrected chi connectivity index (χ3v) is 6.18. The SMILES string of the molecule is CN1CCN(c2ccccc2-c2ccc(Cn3cnc4cc(Cl)ccc43)cc2)CC1. The third kappa shape index (κ3) is 3.81. The highest BCUT2D eigenvalue weighted by Gasteiger charge is 2.17. The topological polar surface area (TPSA) is 24.3 Å². The Labute approximate surface area is 182 Å². The second-order valence-corrected chi connectivity index (χ2v) is 8.45. The molecule has 4 aromatic rings. The maximum Gasteiger partial charge on any atom is 0.0961 e. The predicted molar refractivity (Wildman–Crippen MR) is 125 cm³/mol. The molecule has 0 spiro atoms. The zero-order chi connectivity index (χ0) is 20.5. The van der Waals surface area contributed by atoms with Crippen molar-refractivity contribution in [3.05, 3.63) is 83.6 Å². The van der Waals surface area contributed by atoms with Gasteiger partial charge in [-0.25, -0.2) is 4.98 Å². The molecule has 3 aromatic carbocycles. The third-order valence-electron chi connectivity index (χ3n) is 5.95. The molecule has 0 bridgehead atoms. The van der Waals surface area contributed by atoms with E-state index in [1.165, 1.54) is 22.4 Å². The lowest BCUT2D eigenvalue weighted by Crippen LogP contribution is -2.44. The molecule has 0 amide bonds. The fourth-order valence-corrected chi connectivity index (χ4v) is 4.36. The van der Waals surface area contributed by atoms with Gasteiger partial charge in [0.05, 0.1) is 17.4 Å². The number of hydrogen-bond acceptors (Lipinski definition) is 3. The number of likely N-dealkylation sites (N-methyl/N-ethyl adjacent to an activating group) is 1. The number of aromatic nitrogens is 2. The molecular weight excluding hydrogens is 392 g/mol. The standard InChI is InChI=1S/C25H25ClN4/c1-28-12-14-29(15-13-28)24-5-3-2-4-22(24)20-8-6-19(7-9-20)17-30-18-27-23-16-21(26)10-11-25(23)30/h2-11,16,18H,12-15,17H2,1H3. The van der Waals surface area contributed by atoms with E-state index in [2.05, 4.69) is 74.9 Å². The van der Waals surface area contributed by atoms with Crippen molar-refractivity contribution in [3.8, 4) is 11.1 Å². The molecule has 0 N–H and O–H groups in total. The highest BCUT2D eigenvalue weighted by molar-refractivity contribution is 6.31. The fraction of sp³-hybridized carbons (Fsp3) is 0.240. The molecule has 152 valence electrons. The van der Waals surface area contributed by atoms with Crippen LogP contribution in [-0.4, -0.2) is 47.7 Å². The number of fused-ring (bicyclic) bond motifs is 1. The molecular formula is C25H25ClN4.